The van der Waals surface area contributed by atoms with Crippen LogP contribution in [0.5, 0.6) is 5.75 Å². The second kappa shape index (κ2) is 16.2. The Morgan fingerprint density at radius 3 is 2.62 bits per heavy atom. The largest absolute Gasteiger partial charge is 0.478 e. The predicted molar refractivity (Wildman–Crippen MR) is 212 cm³/mol. The van der Waals surface area contributed by atoms with Gasteiger partial charge in [0.05, 0.1) is 28.3 Å². The summed E-state index contributed by atoms with van der Waals surface area (Å²) in [4.78, 5) is 58.5. The van der Waals surface area contributed by atoms with E-state index in [0.717, 1.165) is 89.6 Å². The van der Waals surface area contributed by atoms with Gasteiger partial charge < -0.3 is 30.6 Å². The number of imide groups is 1. The van der Waals surface area contributed by atoms with Crippen LogP contribution in [0.4, 0.5) is 23.1 Å². The van der Waals surface area contributed by atoms with Crippen LogP contribution in [-0.4, -0.2) is 68.3 Å². The number of pyridine rings is 1. The molecule has 1 atom stereocenters. The Labute approximate surface area is 318 Å². The molecule has 15 nitrogen and oxygen atoms in total. The summed E-state index contributed by atoms with van der Waals surface area (Å²) < 4.78 is 8.89. The van der Waals surface area contributed by atoms with Gasteiger partial charge in [0, 0.05) is 68.4 Å². The molecular weight excluding hydrogens is 701 g/mol. The van der Waals surface area contributed by atoms with Crippen LogP contribution in [0.3, 0.4) is 0 Å². The number of para-hydroxylation sites is 1. The normalized spacial score (nSPS) is 18.6. The van der Waals surface area contributed by atoms with E-state index < -0.39 is 5.92 Å². The Kier molecular flexibility index (Phi) is 11.0. The fourth-order valence-electron chi connectivity index (χ4n) is 7.70. The molecule has 15 heteroatoms. The number of benzene rings is 2. The summed E-state index contributed by atoms with van der Waals surface area (Å²) >= 11 is 0. The molecule has 7 rings (SSSR count). The van der Waals surface area contributed by atoms with Crippen LogP contribution in [0.2, 0.25) is 0 Å². The number of nitrogens with one attached hydrogen (secondary N) is 5. The number of aromatic nitrogens is 5. The summed E-state index contributed by atoms with van der Waals surface area (Å²) in [7, 11) is 5.10. The van der Waals surface area contributed by atoms with Crippen LogP contribution >= 0.6 is 0 Å². The molecule has 3 amide bonds. The number of piperidine rings is 1. The summed E-state index contributed by atoms with van der Waals surface area (Å²) in [6.07, 6.45) is 8.51. The summed E-state index contributed by atoms with van der Waals surface area (Å²) in [6.45, 7) is 2.63. The van der Waals surface area contributed by atoms with E-state index in [1.54, 1.807) is 13.1 Å². The molecule has 0 radical (unpaired) electrons. The number of carbonyl (C=O) groups is 3. The summed E-state index contributed by atoms with van der Waals surface area (Å²) in [5.41, 5.74) is 4.90. The van der Waals surface area contributed by atoms with E-state index in [2.05, 4.69) is 44.6 Å². The van der Waals surface area contributed by atoms with Gasteiger partial charge in [-0.1, -0.05) is 25.5 Å². The van der Waals surface area contributed by atoms with Crippen LogP contribution in [0.1, 0.15) is 69.0 Å². The Balaban J connectivity index is 0.984. The molecule has 0 spiro atoms. The summed E-state index contributed by atoms with van der Waals surface area (Å²) in [5.74, 6) is 0.580. The highest BCUT2D eigenvalue weighted by atomic mass is 16.5. The van der Waals surface area contributed by atoms with Crippen molar-refractivity contribution >= 4 is 62.7 Å². The van der Waals surface area contributed by atoms with Crippen LogP contribution in [0, 0.1) is 5.92 Å². The molecule has 288 valence electrons. The molecule has 2 aromatic carbocycles. The molecule has 1 aliphatic heterocycles. The third-order valence-corrected chi connectivity index (χ3v) is 10.7. The third kappa shape index (κ3) is 8.10. The molecule has 2 aliphatic rings. The van der Waals surface area contributed by atoms with Crippen LogP contribution in [-0.2, 0) is 34.9 Å². The van der Waals surface area contributed by atoms with Crippen LogP contribution in [0.25, 0.3) is 21.8 Å². The minimum absolute atomic E-state index is 0.104. The third-order valence-electron chi connectivity index (χ3n) is 10.7. The first-order valence-corrected chi connectivity index (χ1v) is 19.0. The summed E-state index contributed by atoms with van der Waals surface area (Å²) in [5, 5.41) is 22.2. The fourth-order valence-corrected chi connectivity index (χ4v) is 7.70. The molecule has 55 heavy (non-hydrogen) atoms. The van der Waals surface area contributed by atoms with Crippen molar-refractivity contribution in [2.45, 2.75) is 70.3 Å². The van der Waals surface area contributed by atoms with Gasteiger partial charge in [-0.15, -0.1) is 0 Å². The van der Waals surface area contributed by atoms with Gasteiger partial charge in [-0.3, -0.25) is 29.2 Å². The summed E-state index contributed by atoms with van der Waals surface area (Å²) in [6, 6.07) is 13.8. The lowest BCUT2D eigenvalue weighted by Crippen LogP contribution is -2.39. The number of fused-ring (bicyclic) bond motifs is 2. The highest BCUT2D eigenvalue weighted by Gasteiger charge is 2.32. The van der Waals surface area contributed by atoms with Crippen molar-refractivity contribution in [1.29, 1.82) is 0 Å². The molecule has 0 bridgehead atoms. The molecular formula is C40H48N10O5. The number of rotatable bonds is 13. The van der Waals surface area contributed by atoms with E-state index >= 15 is 0 Å². The molecule has 5 N–H and O–H groups in total. The number of aryl methyl sites for hydroxylation is 3. The maximum Gasteiger partial charge on any atom is 0.293 e. The standard InChI is InChI=1S/C40H48N10O5/c1-5-7-24-21-43-40(47-37(24)45-27-14-16-31-25(18-27)19-32(39(54)49(31)3)55-22-34(52)41-2)42-20-23-10-12-26(13-11-23)44-30-9-6-8-28-35(48-50(4)36(28)30)29-15-17-33(51)46-38(29)53/h6,8-9,14,16,18-19,21,23,26,29,44H,5,7,10-13,15,17,20,22H2,1-4H3,(H,41,52)(H,46,51,53)(H2,42,43,45,47). The quantitative estimate of drug-likeness (QED) is 0.106. The number of likely N-dealkylation sites (N-methyl/N-ethyl adjacent to an activating group) is 1. The van der Waals surface area contributed by atoms with Gasteiger partial charge >= 0.3 is 0 Å². The number of hydrogen-bond acceptors (Lipinski definition) is 11. The molecule has 3 aromatic heterocycles. The first-order chi connectivity index (χ1) is 26.6. The Hall–Kier alpha value is -5.99. The minimum atomic E-state index is -0.438. The first-order valence-electron chi connectivity index (χ1n) is 19.0. The SMILES string of the molecule is CCCc1cnc(NCC2CCC(Nc3cccc4c(C5CCC(=O)NC5=O)nn(C)c34)CC2)nc1Nc1ccc2c(c1)cc(OCC(=O)NC)c(=O)n2C. The van der Waals surface area contributed by atoms with E-state index in [0.29, 0.717) is 36.4 Å². The Bertz CT molecular complexity index is 2310. The van der Waals surface area contributed by atoms with E-state index in [9.17, 15) is 19.2 Å². The second-order valence-electron chi connectivity index (χ2n) is 14.5. The number of ether oxygens (including phenoxy) is 1. The van der Waals surface area contributed by atoms with Gasteiger partial charge in [-0.2, -0.15) is 10.1 Å². The lowest BCUT2D eigenvalue weighted by molar-refractivity contribution is -0.134. The molecule has 1 aliphatic carbocycles. The molecule has 1 unspecified atom stereocenters. The molecule has 5 aromatic rings. The number of anilines is 4. The maximum atomic E-state index is 12.8. The second-order valence-corrected chi connectivity index (χ2v) is 14.5. The van der Waals surface area contributed by atoms with Gasteiger partial charge in [0.2, 0.25) is 17.8 Å². The number of carbonyl (C=O) groups excluding carboxylic acids is 3. The van der Waals surface area contributed by atoms with Gasteiger partial charge in [-0.05, 0) is 74.8 Å². The molecule has 1 saturated carbocycles. The fraction of sp³-hybridized carbons (Fsp3) is 0.425. The van der Waals surface area contributed by atoms with E-state index in [4.69, 9.17) is 14.8 Å². The molecule has 1 saturated heterocycles. The van der Waals surface area contributed by atoms with Gasteiger partial charge in [-0.25, -0.2) is 4.98 Å². The van der Waals surface area contributed by atoms with Crippen molar-refractivity contribution in [2.24, 2.45) is 20.0 Å². The van der Waals surface area contributed by atoms with Gasteiger partial charge in [0.15, 0.2) is 12.4 Å². The Morgan fingerprint density at radius 2 is 1.85 bits per heavy atom. The average molecular weight is 749 g/mol. The smallest absolute Gasteiger partial charge is 0.293 e. The Morgan fingerprint density at radius 1 is 1.04 bits per heavy atom. The zero-order valence-corrected chi connectivity index (χ0v) is 31.7. The monoisotopic (exact) mass is 748 g/mol. The van der Waals surface area contributed by atoms with Gasteiger partial charge in [0.1, 0.15) is 5.82 Å². The van der Waals surface area contributed by atoms with Crippen molar-refractivity contribution < 1.29 is 19.1 Å². The average Bonchev–Trinajstić information content (AvgIpc) is 3.52. The van der Waals surface area contributed by atoms with Crippen molar-refractivity contribution in [3.05, 3.63) is 70.3 Å². The zero-order chi connectivity index (χ0) is 38.6. The predicted octanol–water partition coefficient (Wildman–Crippen LogP) is 4.64. The maximum absolute atomic E-state index is 12.8. The number of hydrogen-bond donors (Lipinski definition) is 5. The molecule has 4 heterocycles. The lowest BCUT2D eigenvalue weighted by atomic mass is 9.86. The van der Waals surface area contributed by atoms with E-state index in [-0.39, 0.29) is 35.6 Å². The highest BCUT2D eigenvalue weighted by molar-refractivity contribution is 6.03. The van der Waals surface area contributed by atoms with E-state index in [1.165, 1.54) is 11.6 Å². The van der Waals surface area contributed by atoms with Crippen molar-refractivity contribution in [3.63, 3.8) is 0 Å². The van der Waals surface area contributed by atoms with Crippen molar-refractivity contribution in [1.82, 2.24) is 34.9 Å². The first kappa shape index (κ1) is 37.3. The topological polar surface area (TPSA) is 186 Å². The van der Waals surface area contributed by atoms with Crippen molar-refractivity contribution in [3.8, 4) is 5.75 Å². The van der Waals surface area contributed by atoms with Crippen molar-refractivity contribution in [2.75, 3.05) is 36.1 Å². The number of nitrogens with zero attached hydrogens (tertiary/aromatic N) is 5. The zero-order valence-electron chi connectivity index (χ0n) is 31.7. The highest BCUT2D eigenvalue weighted by Crippen LogP contribution is 2.35. The van der Waals surface area contributed by atoms with Gasteiger partial charge in [0.25, 0.3) is 11.5 Å². The van der Waals surface area contributed by atoms with Crippen LogP contribution < -0.4 is 36.9 Å². The molecule has 2 fully saturated rings. The van der Waals surface area contributed by atoms with Crippen LogP contribution in [0.15, 0.2) is 53.5 Å². The minimum Gasteiger partial charge on any atom is -0.478 e. The van der Waals surface area contributed by atoms with E-state index in [1.807, 2.05) is 48.3 Å². The number of amides is 3. The lowest BCUT2D eigenvalue weighted by Gasteiger charge is -2.30.